The quantitative estimate of drug-likeness (QED) is 0.787. The van der Waals surface area contributed by atoms with Crippen LogP contribution in [0.3, 0.4) is 0 Å². The number of nitrogens with one attached hydrogen (secondary N) is 1. The number of rotatable bonds is 7. The second kappa shape index (κ2) is 7.78. The molecule has 0 radical (unpaired) electrons. The van der Waals surface area contributed by atoms with Crippen LogP contribution in [-0.2, 0) is 9.53 Å². The van der Waals surface area contributed by atoms with E-state index in [1.807, 2.05) is 36.1 Å². The smallest absolute Gasteiger partial charge is 0.241 e. The van der Waals surface area contributed by atoms with Crippen LogP contribution in [0, 0.1) is 0 Å². The third kappa shape index (κ3) is 4.19. The van der Waals surface area contributed by atoms with E-state index in [9.17, 15) is 4.79 Å². The molecule has 1 aromatic carbocycles. The number of amides is 1. The molecule has 4 nitrogen and oxygen atoms in total. The van der Waals surface area contributed by atoms with Gasteiger partial charge in [0.15, 0.2) is 0 Å². The van der Waals surface area contributed by atoms with Gasteiger partial charge in [-0.05, 0) is 31.0 Å². The molecule has 1 amide bonds. The van der Waals surface area contributed by atoms with Gasteiger partial charge in [-0.1, -0.05) is 37.1 Å². The van der Waals surface area contributed by atoms with Crippen molar-refractivity contribution in [3.8, 4) is 0 Å². The molecule has 1 aromatic rings. The van der Waals surface area contributed by atoms with E-state index in [0.29, 0.717) is 18.2 Å². The fourth-order valence-corrected chi connectivity index (χ4v) is 2.57. The van der Waals surface area contributed by atoms with E-state index < -0.39 is 0 Å². The van der Waals surface area contributed by atoms with Gasteiger partial charge in [-0.2, -0.15) is 0 Å². The normalized spacial score (nSPS) is 22.0. The van der Waals surface area contributed by atoms with Gasteiger partial charge >= 0.3 is 0 Å². The molecule has 116 valence electrons. The Morgan fingerprint density at radius 2 is 2.00 bits per heavy atom. The number of carbonyl (C=O) groups is 1. The lowest BCUT2D eigenvalue weighted by Gasteiger charge is -2.24. The predicted octanol–water partition coefficient (Wildman–Crippen LogP) is 2.98. The minimum absolute atomic E-state index is 0.0976. The average Bonchev–Trinajstić information content (AvgIpc) is 2.76. The van der Waals surface area contributed by atoms with Crippen molar-refractivity contribution in [2.75, 3.05) is 19.8 Å². The number of nitrogens with zero attached hydrogens (tertiary/aromatic N) is 1. The largest absolute Gasteiger partial charge is 0.380 e. The zero-order valence-corrected chi connectivity index (χ0v) is 13.4. The molecule has 0 saturated carbocycles. The molecule has 0 aromatic heterocycles. The summed E-state index contributed by atoms with van der Waals surface area (Å²) in [6.45, 7) is 5.96. The van der Waals surface area contributed by atoms with Crippen LogP contribution in [0.15, 0.2) is 24.3 Å². The van der Waals surface area contributed by atoms with Crippen molar-refractivity contribution in [3.05, 3.63) is 34.9 Å². The molecule has 1 aliphatic rings. The van der Waals surface area contributed by atoms with Crippen LogP contribution in [-0.4, -0.2) is 36.6 Å². The van der Waals surface area contributed by atoms with E-state index in [4.69, 9.17) is 16.3 Å². The standard InChI is InChI=1S/C16H23ClN2O2/c1-3-4-10-21-11-9-19-15(18-12(2)16(19)20)13-5-7-14(17)8-6-13/h5-8,12,15,18H,3-4,9-11H2,1-2H3. The maximum atomic E-state index is 12.3. The molecule has 5 heteroatoms. The molecular weight excluding hydrogens is 288 g/mol. The van der Waals surface area contributed by atoms with E-state index in [2.05, 4.69) is 12.2 Å². The number of halogens is 1. The monoisotopic (exact) mass is 310 g/mol. The van der Waals surface area contributed by atoms with Gasteiger partial charge < -0.3 is 9.64 Å². The molecule has 0 bridgehead atoms. The summed E-state index contributed by atoms with van der Waals surface area (Å²) in [5.41, 5.74) is 1.05. The molecule has 2 atom stereocenters. The number of carbonyl (C=O) groups excluding carboxylic acids is 1. The first-order valence-electron chi connectivity index (χ1n) is 7.53. The van der Waals surface area contributed by atoms with Crippen molar-refractivity contribution in [1.82, 2.24) is 10.2 Å². The van der Waals surface area contributed by atoms with Crippen molar-refractivity contribution < 1.29 is 9.53 Å². The minimum atomic E-state index is -0.165. The predicted molar refractivity (Wildman–Crippen MR) is 84.2 cm³/mol. The summed E-state index contributed by atoms with van der Waals surface area (Å²) in [4.78, 5) is 14.1. The molecule has 1 aliphatic heterocycles. The van der Waals surface area contributed by atoms with Crippen molar-refractivity contribution in [2.24, 2.45) is 0 Å². The number of ether oxygens (including phenoxy) is 1. The molecule has 0 spiro atoms. The van der Waals surface area contributed by atoms with Crippen LogP contribution in [0.4, 0.5) is 0 Å². The summed E-state index contributed by atoms with van der Waals surface area (Å²) in [5.74, 6) is 0.119. The Morgan fingerprint density at radius 3 is 2.67 bits per heavy atom. The lowest BCUT2D eigenvalue weighted by Crippen LogP contribution is -2.33. The highest BCUT2D eigenvalue weighted by Gasteiger charge is 2.36. The topological polar surface area (TPSA) is 41.6 Å². The van der Waals surface area contributed by atoms with Gasteiger partial charge in [0.1, 0.15) is 6.17 Å². The summed E-state index contributed by atoms with van der Waals surface area (Å²) < 4.78 is 5.58. The third-order valence-corrected chi connectivity index (χ3v) is 3.93. The third-order valence-electron chi connectivity index (χ3n) is 3.68. The first-order chi connectivity index (χ1) is 10.1. The molecule has 1 fully saturated rings. The molecule has 2 rings (SSSR count). The van der Waals surface area contributed by atoms with Crippen LogP contribution in [0.1, 0.15) is 38.4 Å². The lowest BCUT2D eigenvalue weighted by atomic mass is 10.1. The molecule has 1 heterocycles. The maximum absolute atomic E-state index is 12.3. The van der Waals surface area contributed by atoms with E-state index in [-0.39, 0.29) is 18.1 Å². The van der Waals surface area contributed by atoms with E-state index in [1.165, 1.54) is 0 Å². The lowest BCUT2D eigenvalue weighted by molar-refractivity contribution is -0.130. The zero-order valence-electron chi connectivity index (χ0n) is 12.6. The fourth-order valence-electron chi connectivity index (χ4n) is 2.45. The summed E-state index contributed by atoms with van der Waals surface area (Å²) in [7, 11) is 0. The number of benzene rings is 1. The van der Waals surface area contributed by atoms with Gasteiger partial charge in [-0.3, -0.25) is 10.1 Å². The van der Waals surface area contributed by atoms with Crippen LogP contribution in [0.2, 0.25) is 5.02 Å². The van der Waals surface area contributed by atoms with E-state index in [1.54, 1.807) is 0 Å². The number of hydrogen-bond donors (Lipinski definition) is 1. The van der Waals surface area contributed by atoms with Gasteiger partial charge in [0.2, 0.25) is 5.91 Å². The highest BCUT2D eigenvalue weighted by Crippen LogP contribution is 2.26. The summed E-state index contributed by atoms with van der Waals surface area (Å²) >= 11 is 5.92. The van der Waals surface area contributed by atoms with E-state index >= 15 is 0 Å². The first-order valence-corrected chi connectivity index (χ1v) is 7.91. The second-order valence-corrected chi connectivity index (χ2v) is 5.78. The maximum Gasteiger partial charge on any atom is 0.241 e. The van der Waals surface area contributed by atoms with Crippen molar-refractivity contribution in [3.63, 3.8) is 0 Å². The Morgan fingerprint density at radius 1 is 1.29 bits per heavy atom. The Bertz CT molecular complexity index is 464. The highest BCUT2D eigenvalue weighted by atomic mass is 35.5. The van der Waals surface area contributed by atoms with Crippen molar-refractivity contribution in [1.29, 1.82) is 0 Å². The molecular formula is C16H23ClN2O2. The molecule has 21 heavy (non-hydrogen) atoms. The molecule has 1 N–H and O–H groups in total. The Hall–Kier alpha value is -1.10. The average molecular weight is 311 g/mol. The van der Waals surface area contributed by atoms with E-state index in [0.717, 1.165) is 25.0 Å². The van der Waals surface area contributed by atoms with Gasteiger partial charge in [-0.15, -0.1) is 0 Å². The second-order valence-electron chi connectivity index (χ2n) is 5.34. The minimum Gasteiger partial charge on any atom is -0.380 e. The van der Waals surface area contributed by atoms with Crippen molar-refractivity contribution >= 4 is 17.5 Å². The van der Waals surface area contributed by atoms with Gasteiger partial charge in [0.05, 0.1) is 12.6 Å². The zero-order chi connectivity index (χ0) is 15.2. The Kier molecular flexibility index (Phi) is 6.03. The molecule has 1 saturated heterocycles. The molecule has 2 unspecified atom stereocenters. The van der Waals surface area contributed by atoms with Gasteiger partial charge in [0.25, 0.3) is 0 Å². The van der Waals surface area contributed by atoms with Crippen LogP contribution < -0.4 is 5.32 Å². The summed E-state index contributed by atoms with van der Waals surface area (Å²) in [6, 6.07) is 7.44. The van der Waals surface area contributed by atoms with Gasteiger partial charge in [0, 0.05) is 18.2 Å². The Labute approximate surface area is 131 Å². The SMILES string of the molecule is CCCCOCCN1C(=O)C(C)NC1c1ccc(Cl)cc1. The Balaban J connectivity index is 1.98. The number of hydrogen-bond acceptors (Lipinski definition) is 3. The first kappa shape index (κ1) is 16.3. The fraction of sp³-hybridized carbons (Fsp3) is 0.562. The van der Waals surface area contributed by atoms with Crippen LogP contribution in [0.25, 0.3) is 0 Å². The van der Waals surface area contributed by atoms with Crippen LogP contribution >= 0.6 is 11.6 Å². The summed E-state index contributed by atoms with van der Waals surface area (Å²) in [6.07, 6.45) is 2.08. The van der Waals surface area contributed by atoms with Gasteiger partial charge in [-0.25, -0.2) is 0 Å². The summed E-state index contributed by atoms with van der Waals surface area (Å²) in [5, 5.41) is 4.02. The molecule has 0 aliphatic carbocycles. The number of unbranched alkanes of at least 4 members (excludes halogenated alkanes) is 1. The van der Waals surface area contributed by atoms with Crippen molar-refractivity contribution in [2.45, 2.75) is 38.9 Å². The highest BCUT2D eigenvalue weighted by molar-refractivity contribution is 6.30. The van der Waals surface area contributed by atoms with Crippen LogP contribution in [0.5, 0.6) is 0 Å².